The Morgan fingerprint density at radius 2 is 1.31 bits per heavy atom. The molecule has 0 saturated heterocycles. The fourth-order valence-electron chi connectivity index (χ4n) is 2.31. The van der Waals surface area contributed by atoms with Crippen LogP contribution in [0.2, 0.25) is 0 Å². The number of hydrogen-bond acceptors (Lipinski definition) is 5. The number of hydrogen-bond donors (Lipinski definition) is 0. The highest BCUT2D eigenvalue weighted by atomic mass is 16.6. The highest BCUT2D eigenvalue weighted by Crippen LogP contribution is 2.06. The molecule has 1 aromatic rings. The Bertz CT molecular complexity index is 413. The van der Waals surface area contributed by atoms with Crippen molar-refractivity contribution in [3.8, 4) is 5.75 Å². The molecule has 0 unspecified atom stereocenters. The summed E-state index contributed by atoms with van der Waals surface area (Å²) in [5, 5.41) is 0. The molecule has 0 aliphatic carbocycles. The fraction of sp³-hybridized carbons (Fsp3) is 0.750. The van der Waals surface area contributed by atoms with Gasteiger partial charge in [-0.1, -0.05) is 19.8 Å². The van der Waals surface area contributed by atoms with Crippen LogP contribution in [0.5, 0.6) is 5.75 Å². The van der Waals surface area contributed by atoms with Gasteiger partial charge in [0, 0.05) is 25.7 Å². The minimum Gasteiger partial charge on any atom is -0.491 e. The summed E-state index contributed by atoms with van der Waals surface area (Å²) in [4.78, 5) is 0. The minimum atomic E-state index is 0.542. The van der Waals surface area contributed by atoms with Crippen LogP contribution in [-0.2, 0) is 25.5 Å². The quantitative estimate of drug-likeness (QED) is 0.294. The Morgan fingerprint density at radius 3 is 1.88 bits per heavy atom. The molecule has 6 heteroatoms. The van der Waals surface area contributed by atoms with Gasteiger partial charge >= 0.3 is 0 Å². The summed E-state index contributed by atoms with van der Waals surface area (Å²) in [6, 6.07) is 4.01. The maximum atomic E-state index is 5.68. The highest BCUT2D eigenvalue weighted by molar-refractivity contribution is 5.14. The van der Waals surface area contributed by atoms with E-state index < -0.39 is 0 Å². The second-order valence-corrected chi connectivity index (χ2v) is 6.01. The summed E-state index contributed by atoms with van der Waals surface area (Å²) < 4.78 is 29.0. The van der Waals surface area contributed by atoms with E-state index in [1.165, 1.54) is 25.7 Å². The zero-order valence-electron chi connectivity index (χ0n) is 16.5. The first-order valence-corrected chi connectivity index (χ1v) is 9.71. The molecule has 0 aliphatic rings. The van der Waals surface area contributed by atoms with E-state index in [9.17, 15) is 0 Å². The number of pyridine rings is 1. The zero-order chi connectivity index (χ0) is 18.7. The predicted octanol–water partition coefficient (Wildman–Crippen LogP) is 2.63. The van der Waals surface area contributed by atoms with Crippen molar-refractivity contribution >= 4 is 0 Å². The van der Waals surface area contributed by atoms with Gasteiger partial charge in [-0.25, -0.2) is 4.57 Å². The van der Waals surface area contributed by atoms with E-state index in [-0.39, 0.29) is 0 Å². The summed E-state index contributed by atoms with van der Waals surface area (Å²) in [7, 11) is 1.66. The second kappa shape index (κ2) is 17.2. The monoisotopic (exact) mass is 370 g/mol. The molecule has 1 aromatic heterocycles. The third kappa shape index (κ3) is 13.1. The topological polar surface area (TPSA) is 50.0 Å². The van der Waals surface area contributed by atoms with Gasteiger partial charge in [-0.05, 0) is 6.42 Å². The predicted molar refractivity (Wildman–Crippen MR) is 101 cm³/mol. The van der Waals surface area contributed by atoms with Crippen molar-refractivity contribution in [1.82, 2.24) is 0 Å². The van der Waals surface area contributed by atoms with E-state index >= 15 is 0 Å². The highest BCUT2D eigenvalue weighted by Gasteiger charge is 2.01. The summed E-state index contributed by atoms with van der Waals surface area (Å²) >= 11 is 0. The van der Waals surface area contributed by atoms with Crippen molar-refractivity contribution < 1.29 is 28.3 Å². The number of rotatable bonds is 18. The largest absolute Gasteiger partial charge is 0.491 e. The van der Waals surface area contributed by atoms with Gasteiger partial charge in [0.15, 0.2) is 12.4 Å². The van der Waals surface area contributed by atoms with Crippen molar-refractivity contribution in [3.05, 3.63) is 24.5 Å². The maximum Gasteiger partial charge on any atom is 0.172 e. The number of unbranched alkanes of at least 4 members (excludes halogenated alkanes) is 3. The van der Waals surface area contributed by atoms with Crippen LogP contribution in [0.25, 0.3) is 0 Å². The Kier molecular flexibility index (Phi) is 15.1. The average Bonchev–Trinajstić information content (AvgIpc) is 2.67. The van der Waals surface area contributed by atoms with Crippen molar-refractivity contribution in [2.75, 3.05) is 60.0 Å². The van der Waals surface area contributed by atoms with Crippen LogP contribution in [0.3, 0.4) is 0 Å². The van der Waals surface area contributed by atoms with Crippen molar-refractivity contribution in [3.63, 3.8) is 0 Å². The second-order valence-electron chi connectivity index (χ2n) is 6.01. The lowest BCUT2D eigenvalue weighted by molar-refractivity contribution is -0.697. The molecule has 0 aliphatic heterocycles. The van der Waals surface area contributed by atoms with Gasteiger partial charge in [-0.15, -0.1) is 0 Å². The molecule has 0 bridgehead atoms. The van der Waals surface area contributed by atoms with Gasteiger partial charge < -0.3 is 23.7 Å². The SMILES string of the molecule is CCCCCC[n+]1ccc(OCCOCCOCCOCCOC)cc1. The molecule has 0 spiro atoms. The Hall–Kier alpha value is -1.21. The van der Waals surface area contributed by atoms with Crippen LogP contribution in [0, 0.1) is 0 Å². The number of aromatic nitrogens is 1. The smallest absolute Gasteiger partial charge is 0.172 e. The molecule has 6 nitrogen and oxygen atoms in total. The summed E-state index contributed by atoms with van der Waals surface area (Å²) in [5.41, 5.74) is 0. The van der Waals surface area contributed by atoms with Crippen molar-refractivity contribution in [1.29, 1.82) is 0 Å². The molecule has 0 aromatic carbocycles. The molecular weight excluding hydrogens is 334 g/mol. The van der Waals surface area contributed by atoms with E-state index in [1.54, 1.807) is 7.11 Å². The number of aryl methyl sites for hydroxylation is 1. The lowest BCUT2D eigenvalue weighted by Gasteiger charge is -2.08. The van der Waals surface area contributed by atoms with Crippen LogP contribution < -0.4 is 9.30 Å². The first-order chi connectivity index (χ1) is 12.9. The van der Waals surface area contributed by atoms with Crippen LogP contribution in [0.4, 0.5) is 0 Å². The number of ether oxygens (including phenoxy) is 5. The first kappa shape index (κ1) is 22.8. The van der Waals surface area contributed by atoms with Crippen LogP contribution in [0.15, 0.2) is 24.5 Å². The van der Waals surface area contributed by atoms with Crippen LogP contribution >= 0.6 is 0 Å². The Labute approximate surface area is 158 Å². The normalized spacial score (nSPS) is 11.0. The first-order valence-electron chi connectivity index (χ1n) is 9.71. The van der Waals surface area contributed by atoms with E-state index in [0.29, 0.717) is 52.9 Å². The van der Waals surface area contributed by atoms with Gasteiger partial charge in [0.05, 0.1) is 46.2 Å². The van der Waals surface area contributed by atoms with Gasteiger partial charge in [-0.2, -0.15) is 0 Å². The summed E-state index contributed by atoms with van der Waals surface area (Å²) in [6.07, 6.45) is 9.26. The van der Waals surface area contributed by atoms with E-state index in [4.69, 9.17) is 23.7 Å². The van der Waals surface area contributed by atoms with Gasteiger partial charge in [0.25, 0.3) is 0 Å². The van der Waals surface area contributed by atoms with E-state index in [1.807, 2.05) is 12.1 Å². The third-order valence-corrected chi connectivity index (χ3v) is 3.80. The minimum absolute atomic E-state index is 0.542. The number of methoxy groups -OCH3 is 1. The standard InChI is InChI=1S/C20H36NO5/c1-3-4-5-6-9-21-10-7-20(8-11-21)26-19-18-25-17-16-24-15-14-23-13-12-22-2/h7-8,10-11H,3-6,9,12-19H2,1-2H3/q+1. The molecular formula is C20H36NO5+. The molecule has 0 atom stereocenters. The molecule has 1 heterocycles. The van der Waals surface area contributed by atoms with Gasteiger partial charge in [0.1, 0.15) is 18.9 Å². The molecule has 150 valence electrons. The van der Waals surface area contributed by atoms with Crippen molar-refractivity contribution in [2.45, 2.75) is 39.2 Å². The summed E-state index contributed by atoms with van der Waals surface area (Å²) in [5.74, 6) is 0.878. The summed E-state index contributed by atoms with van der Waals surface area (Å²) in [6.45, 7) is 7.91. The Balaban J connectivity index is 1.91. The Morgan fingerprint density at radius 1 is 0.731 bits per heavy atom. The van der Waals surface area contributed by atoms with Gasteiger partial charge in [-0.3, -0.25) is 0 Å². The molecule has 1 rings (SSSR count). The molecule has 0 fully saturated rings. The molecule has 26 heavy (non-hydrogen) atoms. The fourth-order valence-corrected chi connectivity index (χ4v) is 2.31. The van der Waals surface area contributed by atoms with Crippen molar-refractivity contribution in [2.24, 2.45) is 0 Å². The molecule has 0 amide bonds. The average molecular weight is 371 g/mol. The van der Waals surface area contributed by atoms with E-state index in [2.05, 4.69) is 23.9 Å². The zero-order valence-corrected chi connectivity index (χ0v) is 16.5. The van der Waals surface area contributed by atoms with E-state index in [0.717, 1.165) is 12.3 Å². The molecule has 0 saturated carbocycles. The van der Waals surface area contributed by atoms with Crippen LogP contribution in [-0.4, -0.2) is 60.0 Å². The maximum absolute atomic E-state index is 5.68. The molecule has 0 N–H and O–H groups in total. The van der Waals surface area contributed by atoms with Gasteiger partial charge in [0.2, 0.25) is 0 Å². The third-order valence-electron chi connectivity index (χ3n) is 3.80. The molecule has 0 radical (unpaired) electrons. The lowest BCUT2D eigenvalue weighted by atomic mass is 10.2. The number of nitrogens with zero attached hydrogens (tertiary/aromatic N) is 1. The van der Waals surface area contributed by atoms with Crippen LogP contribution in [0.1, 0.15) is 32.6 Å². The lowest BCUT2D eigenvalue weighted by Crippen LogP contribution is -2.32.